The summed E-state index contributed by atoms with van der Waals surface area (Å²) >= 11 is 0. The molecule has 1 fully saturated rings. The van der Waals surface area contributed by atoms with Crippen molar-refractivity contribution in [1.82, 2.24) is 0 Å². The summed E-state index contributed by atoms with van der Waals surface area (Å²) < 4.78 is 43.5. The quantitative estimate of drug-likeness (QED) is 0.474. The summed E-state index contributed by atoms with van der Waals surface area (Å²) in [6.45, 7) is -5.29. The molecule has 0 aliphatic carbocycles. The van der Waals surface area contributed by atoms with Crippen LogP contribution in [0.4, 0.5) is 12.9 Å². The normalized spacial score (nSPS) is 18.8. The van der Waals surface area contributed by atoms with Crippen molar-refractivity contribution in [3.63, 3.8) is 0 Å². The van der Waals surface area contributed by atoms with Crippen LogP contribution in [0.3, 0.4) is 0 Å². The van der Waals surface area contributed by atoms with Gasteiger partial charge in [0, 0.05) is 6.51 Å². The number of ether oxygens (including phenoxy) is 2. The molecule has 0 aromatic rings. The molecule has 0 atom stereocenters. The predicted octanol–water partition coefficient (Wildman–Crippen LogP) is -2.21. The van der Waals surface area contributed by atoms with Crippen LogP contribution in [0, 0.1) is 0 Å². The SMILES string of the molecule is F[B-](F)(F)COC1COC1.[K+]. The van der Waals surface area contributed by atoms with Crippen molar-refractivity contribution in [2.45, 2.75) is 6.10 Å². The third-order valence-corrected chi connectivity index (χ3v) is 1.13. The molecule has 1 saturated heterocycles. The molecule has 0 unspecified atom stereocenters. The van der Waals surface area contributed by atoms with Gasteiger partial charge in [0.15, 0.2) is 0 Å². The zero-order chi connectivity index (χ0) is 7.61. The van der Waals surface area contributed by atoms with E-state index in [0.717, 1.165) is 0 Å². The Hall–Kier alpha value is 1.41. The summed E-state index contributed by atoms with van der Waals surface area (Å²) in [7, 11) is 0. The Morgan fingerprint density at radius 2 is 1.91 bits per heavy atom. The Balaban J connectivity index is 0.000001000. The maximum Gasteiger partial charge on any atom is 1.00 e. The van der Waals surface area contributed by atoms with Gasteiger partial charge in [0.25, 0.3) is 0 Å². The third-order valence-electron chi connectivity index (χ3n) is 1.13. The molecule has 7 heteroatoms. The molecule has 1 aliphatic heterocycles. The molecule has 0 N–H and O–H groups in total. The van der Waals surface area contributed by atoms with Crippen LogP contribution in [0.2, 0.25) is 0 Å². The van der Waals surface area contributed by atoms with Crippen molar-refractivity contribution in [3.8, 4) is 0 Å². The molecule has 1 rings (SSSR count). The second-order valence-electron chi connectivity index (χ2n) is 2.20. The average Bonchev–Trinajstić information content (AvgIpc) is 1.56. The van der Waals surface area contributed by atoms with Gasteiger partial charge >= 0.3 is 58.4 Å². The van der Waals surface area contributed by atoms with Gasteiger partial charge in [-0.2, -0.15) is 0 Å². The summed E-state index contributed by atoms with van der Waals surface area (Å²) in [5, 5.41) is 0. The van der Waals surface area contributed by atoms with Gasteiger partial charge in [0.2, 0.25) is 0 Å². The van der Waals surface area contributed by atoms with Crippen LogP contribution in [0.1, 0.15) is 0 Å². The molecule has 0 aromatic heterocycles. The standard InChI is InChI=1S/C4H7BF3O2.K/c6-5(7,8)3-10-4-1-9-2-4;/h4H,1-3H2;/q-1;+1. The molecule has 0 amide bonds. The van der Waals surface area contributed by atoms with E-state index in [4.69, 9.17) is 0 Å². The van der Waals surface area contributed by atoms with E-state index in [2.05, 4.69) is 9.47 Å². The fourth-order valence-corrected chi connectivity index (χ4v) is 0.555. The van der Waals surface area contributed by atoms with Crippen LogP contribution in [-0.2, 0) is 9.47 Å². The molecule has 11 heavy (non-hydrogen) atoms. The van der Waals surface area contributed by atoms with E-state index in [0.29, 0.717) is 13.2 Å². The largest absolute Gasteiger partial charge is 1.00 e. The Bertz CT molecular complexity index is 116. The van der Waals surface area contributed by atoms with Crippen LogP contribution >= 0.6 is 0 Å². The van der Waals surface area contributed by atoms with Crippen LogP contribution in [0.5, 0.6) is 0 Å². The molecule has 1 heterocycles. The van der Waals surface area contributed by atoms with Crippen LogP contribution in [0.25, 0.3) is 0 Å². The number of rotatable bonds is 3. The first kappa shape index (κ1) is 12.4. The first-order valence-corrected chi connectivity index (χ1v) is 2.98. The fraction of sp³-hybridized carbons (Fsp3) is 1.00. The van der Waals surface area contributed by atoms with Crippen molar-refractivity contribution in [2.75, 3.05) is 19.7 Å². The predicted molar refractivity (Wildman–Crippen MR) is 29.6 cm³/mol. The van der Waals surface area contributed by atoms with Crippen LogP contribution in [0.15, 0.2) is 0 Å². The summed E-state index contributed by atoms with van der Waals surface area (Å²) in [6, 6.07) is 0. The molecule has 60 valence electrons. The van der Waals surface area contributed by atoms with Crippen molar-refractivity contribution in [1.29, 1.82) is 0 Å². The van der Waals surface area contributed by atoms with E-state index < -0.39 is 13.5 Å². The number of hydrogen-bond donors (Lipinski definition) is 0. The Labute approximate surface area is 105 Å². The van der Waals surface area contributed by atoms with Crippen molar-refractivity contribution in [3.05, 3.63) is 0 Å². The van der Waals surface area contributed by atoms with Crippen LogP contribution in [-0.4, -0.2) is 32.8 Å². The zero-order valence-corrected chi connectivity index (χ0v) is 9.35. The molecule has 0 bridgehead atoms. The van der Waals surface area contributed by atoms with E-state index in [1.165, 1.54) is 0 Å². The van der Waals surface area contributed by atoms with Gasteiger partial charge in [-0.15, -0.1) is 0 Å². The van der Waals surface area contributed by atoms with Gasteiger partial charge in [0.1, 0.15) is 6.10 Å². The first-order chi connectivity index (χ1) is 4.58. The fourth-order valence-electron chi connectivity index (χ4n) is 0.555. The molecular weight excluding hydrogens is 187 g/mol. The second kappa shape index (κ2) is 5.21. The Kier molecular flexibility index (Phi) is 5.88. The average molecular weight is 194 g/mol. The van der Waals surface area contributed by atoms with Crippen molar-refractivity contribution in [2.24, 2.45) is 0 Å². The number of hydrogen-bond acceptors (Lipinski definition) is 2. The van der Waals surface area contributed by atoms with Gasteiger partial charge in [-0.25, -0.2) is 0 Å². The Morgan fingerprint density at radius 1 is 1.36 bits per heavy atom. The van der Waals surface area contributed by atoms with E-state index in [9.17, 15) is 12.9 Å². The number of halogens is 3. The summed E-state index contributed by atoms with van der Waals surface area (Å²) in [5.41, 5.74) is 0. The van der Waals surface area contributed by atoms with Crippen molar-refractivity contribution >= 4 is 6.98 Å². The second-order valence-corrected chi connectivity index (χ2v) is 2.20. The minimum atomic E-state index is -4.78. The van der Waals surface area contributed by atoms with Gasteiger partial charge < -0.3 is 22.4 Å². The Morgan fingerprint density at radius 3 is 2.18 bits per heavy atom. The summed E-state index contributed by atoms with van der Waals surface area (Å²) in [4.78, 5) is 0. The minimum absolute atomic E-state index is 0. The molecule has 0 saturated carbocycles. The van der Waals surface area contributed by atoms with Crippen molar-refractivity contribution < 1.29 is 73.8 Å². The monoisotopic (exact) mass is 194 g/mol. The minimum Gasteiger partial charge on any atom is -0.447 e. The topological polar surface area (TPSA) is 18.5 Å². The van der Waals surface area contributed by atoms with E-state index in [1.54, 1.807) is 0 Å². The maximum atomic E-state index is 11.5. The molecule has 0 radical (unpaired) electrons. The molecular formula is C4H7BF3KO2. The maximum absolute atomic E-state index is 11.5. The first-order valence-electron chi connectivity index (χ1n) is 2.98. The zero-order valence-electron chi connectivity index (χ0n) is 6.23. The van der Waals surface area contributed by atoms with Gasteiger partial charge in [-0.05, 0) is 0 Å². The molecule has 0 spiro atoms. The summed E-state index contributed by atoms with van der Waals surface area (Å²) in [5.74, 6) is 0. The van der Waals surface area contributed by atoms with E-state index in [-0.39, 0.29) is 57.5 Å². The molecule has 0 aromatic carbocycles. The van der Waals surface area contributed by atoms with Gasteiger partial charge in [0.05, 0.1) is 13.2 Å². The summed E-state index contributed by atoms with van der Waals surface area (Å²) in [6.07, 6.45) is -0.330. The van der Waals surface area contributed by atoms with Gasteiger partial charge in [-0.3, -0.25) is 0 Å². The van der Waals surface area contributed by atoms with E-state index in [1.807, 2.05) is 0 Å². The van der Waals surface area contributed by atoms with Gasteiger partial charge in [-0.1, -0.05) is 0 Å². The molecule has 1 aliphatic rings. The van der Waals surface area contributed by atoms with Crippen LogP contribution < -0.4 is 51.4 Å². The smallest absolute Gasteiger partial charge is 0.447 e. The third kappa shape index (κ3) is 5.62. The molecule has 2 nitrogen and oxygen atoms in total. The van der Waals surface area contributed by atoms with E-state index >= 15 is 0 Å².